The standard InChI is InChI=1S/C25H28ClNO5/c26-20-4-1-18(2-5-20)25(9-13-30-14-10-25)23(28)27-16-24(7-11-29-12-8-24)19-3-6-21-22(15-19)32-17-31-21/h1-6,15H,7-14,16-17H2,(H,27,28). The lowest BCUT2D eigenvalue weighted by Crippen LogP contribution is -2.52. The summed E-state index contributed by atoms with van der Waals surface area (Å²) in [5.74, 6) is 1.58. The molecule has 3 aliphatic rings. The zero-order valence-corrected chi connectivity index (χ0v) is 18.8. The molecule has 3 aliphatic heterocycles. The first-order valence-corrected chi connectivity index (χ1v) is 11.6. The Balaban J connectivity index is 1.40. The van der Waals surface area contributed by atoms with Gasteiger partial charge in [-0.15, -0.1) is 0 Å². The monoisotopic (exact) mass is 457 g/mol. The van der Waals surface area contributed by atoms with E-state index in [0.717, 1.165) is 35.5 Å². The number of halogens is 1. The van der Waals surface area contributed by atoms with Crippen molar-refractivity contribution in [2.45, 2.75) is 36.5 Å². The van der Waals surface area contributed by atoms with E-state index in [4.69, 9.17) is 30.5 Å². The highest BCUT2D eigenvalue weighted by Gasteiger charge is 2.43. The fraction of sp³-hybridized carbons (Fsp3) is 0.480. The van der Waals surface area contributed by atoms with E-state index >= 15 is 0 Å². The van der Waals surface area contributed by atoms with Crippen LogP contribution in [0.3, 0.4) is 0 Å². The van der Waals surface area contributed by atoms with Crippen LogP contribution in [0.2, 0.25) is 5.02 Å². The van der Waals surface area contributed by atoms with Crippen molar-refractivity contribution in [1.29, 1.82) is 0 Å². The molecular weight excluding hydrogens is 430 g/mol. The van der Waals surface area contributed by atoms with E-state index in [1.165, 1.54) is 0 Å². The Morgan fingerprint density at radius 3 is 2.19 bits per heavy atom. The van der Waals surface area contributed by atoms with E-state index in [1.807, 2.05) is 30.3 Å². The first kappa shape index (κ1) is 21.6. The highest BCUT2D eigenvalue weighted by Crippen LogP contribution is 2.41. The van der Waals surface area contributed by atoms with E-state index in [2.05, 4.69) is 17.4 Å². The maximum Gasteiger partial charge on any atom is 0.231 e. The summed E-state index contributed by atoms with van der Waals surface area (Å²) in [6, 6.07) is 13.8. The topological polar surface area (TPSA) is 66.0 Å². The fourth-order valence-electron chi connectivity index (χ4n) is 5.11. The van der Waals surface area contributed by atoms with Crippen molar-refractivity contribution in [3.05, 3.63) is 58.6 Å². The van der Waals surface area contributed by atoms with Crippen molar-refractivity contribution in [3.63, 3.8) is 0 Å². The highest BCUT2D eigenvalue weighted by atomic mass is 35.5. The molecule has 0 bridgehead atoms. The predicted octanol–water partition coefficient (Wildman–Crippen LogP) is 3.98. The molecule has 0 atom stereocenters. The number of fused-ring (bicyclic) bond motifs is 1. The molecule has 7 heteroatoms. The number of rotatable bonds is 5. The summed E-state index contributed by atoms with van der Waals surface area (Å²) >= 11 is 6.11. The summed E-state index contributed by atoms with van der Waals surface area (Å²) in [7, 11) is 0. The second-order valence-electron chi connectivity index (χ2n) is 8.84. The first-order valence-electron chi connectivity index (χ1n) is 11.2. The highest BCUT2D eigenvalue weighted by molar-refractivity contribution is 6.30. The van der Waals surface area contributed by atoms with Gasteiger partial charge in [-0.2, -0.15) is 0 Å². The number of benzene rings is 2. The van der Waals surface area contributed by atoms with Gasteiger partial charge in [0.05, 0.1) is 5.41 Å². The zero-order valence-electron chi connectivity index (χ0n) is 18.0. The summed E-state index contributed by atoms with van der Waals surface area (Å²) in [5, 5.41) is 3.99. The van der Waals surface area contributed by atoms with E-state index in [1.54, 1.807) is 0 Å². The van der Waals surface area contributed by atoms with Crippen LogP contribution in [0.15, 0.2) is 42.5 Å². The Kier molecular flexibility index (Phi) is 6.01. The molecule has 1 amide bonds. The van der Waals surface area contributed by atoms with Crippen LogP contribution in [-0.2, 0) is 25.1 Å². The number of nitrogens with one attached hydrogen (secondary N) is 1. The van der Waals surface area contributed by atoms with Crippen molar-refractivity contribution < 1.29 is 23.7 Å². The molecule has 0 spiro atoms. The third-order valence-corrected chi connectivity index (χ3v) is 7.45. The SMILES string of the molecule is O=C(NCC1(c2ccc3c(c2)OCO3)CCOCC1)C1(c2ccc(Cl)cc2)CCOCC1. The van der Waals surface area contributed by atoms with Crippen molar-refractivity contribution >= 4 is 17.5 Å². The van der Waals surface area contributed by atoms with Gasteiger partial charge < -0.3 is 24.3 Å². The van der Waals surface area contributed by atoms with Crippen molar-refractivity contribution in [2.75, 3.05) is 39.8 Å². The summed E-state index contributed by atoms with van der Waals surface area (Å²) in [5.41, 5.74) is 1.33. The van der Waals surface area contributed by atoms with Gasteiger partial charge in [-0.3, -0.25) is 4.79 Å². The molecule has 5 rings (SSSR count). The van der Waals surface area contributed by atoms with Gasteiger partial charge in [0.15, 0.2) is 11.5 Å². The summed E-state index contributed by atoms with van der Waals surface area (Å²) in [6.45, 7) is 3.26. The summed E-state index contributed by atoms with van der Waals surface area (Å²) in [6.07, 6.45) is 2.98. The van der Waals surface area contributed by atoms with Gasteiger partial charge in [-0.25, -0.2) is 0 Å². The minimum absolute atomic E-state index is 0.0507. The molecular formula is C25H28ClNO5. The van der Waals surface area contributed by atoms with Gasteiger partial charge in [0.25, 0.3) is 0 Å². The molecule has 3 heterocycles. The average Bonchev–Trinajstić information content (AvgIpc) is 3.32. The van der Waals surface area contributed by atoms with Gasteiger partial charge in [-0.1, -0.05) is 29.8 Å². The lowest BCUT2D eigenvalue weighted by molar-refractivity contribution is -0.131. The van der Waals surface area contributed by atoms with Crippen LogP contribution in [-0.4, -0.2) is 45.7 Å². The molecule has 1 N–H and O–H groups in total. The summed E-state index contributed by atoms with van der Waals surface area (Å²) < 4.78 is 22.4. The number of hydrogen-bond acceptors (Lipinski definition) is 5. The second kappa shape index (κ2) is 8.93. The van der Waals surface area contributed by atoms with Crippen molar-refractivity contribution in [2.24, 2.45) is 0 Å². The zero-order chi connectivity index (χ0) is 22.0. The fourth-order valence-corrected chi connectivity index (χ4v) is 5.24. The number of carbonyl (C=O) groups is 1. The molecule has 6 nitrogen and oxygen atoms in total. The van der Waals surface area contributed by atoms with E-state index in [-0.39, 0.29) is 18.1 Å². The van der Waals surface area contributed by atoms with Crippen LogP contribution in [0.1, 0.15) is 36.8 Å². The van der Waals surface area contributed by atoms with Crippen LogP contribution in [0.25, 0.3) is 0 Å². The van der Waals surface area contributed by atoms with Gasteiger partial charge in [-0.05, 0) is 61.1 Å². The minimum atomic E-state index is -0.607. The Labute approximate surface area is 193 Å². The van der Waals surface area contributed by atoms with Crippen molar-refractivity contribution in [3.8, 4) is 11.5 Å². The van der Waals surface area contributed by atoms with Crippen LogP contribution < -0.4 is 14.8 Å². The van der Waals surface area contributed by atoms with Crippen molar-refractivity contribution in [1.82, 2.24) is 5.32 Å². The first-order chi connectivity index (χ1) is 15.6. The Morgan fingerprint density at radius 1 is 0.844 bits per heavy atom. The Bertz CT molecular complexity index is 965. The molecule has 0 radical (unpaired) electrons. The Hall–Kier alpha value is -2.28. The van der Waals surface area contributed by atoms with Crippen LogP contribution in [0.5, 0.6) is 11.5 Å². The third kappa shape index (κ3) is 3.96. The maximum absolute atomic E-state index is 13.7. The van der Waals surface area contributed by atoms with Crippen LogP contribution in [0, 0.1) is 0 Å². The molecule has 170 valence electrons. The number of ether oxygens (including phenoxy) is 4. The van der Waals surface area contributed by atoms with E-state index in [0.29, 0.717) is 50.8 Å². The largest absolute Gasteiger partial charge is 0.454 e. The van der Waals surface area contributed by atoms with Gasteiger partial charge in [0.1, 0.15) is 0 Å². The molecule has 2 saturated heterocycles. The normalized spacial score (nSPS) is 21.2. The van der Waals surface area contributed by atoms with Gasteiger partial charge >= 0.3 is 0 Å². The lowest BCUT2D eigenvalue weighted by Gasteiger charge is -2.41. The van der Waals surface area contributed by atoms with E-state index < -0.39 is 5.41 Å². The molecule has 0 saturated carbocycles. The lowest BCUT2D eigenvalue weighted by atomic mass is 9.71. The van der Waals surface area contributed by atoms with Crippen LogP contribution in [0.4, 0.5) is 0 Å². The average molecular weight is 458 g/mol. The summed E-state index contributed by atoms with van der Waals surface area (Å²) in [4.78, 5) is 13.7. The number of carbonyl (C=O) groups excluding carboxylic acids is 1. The van der Waals surface area contributed by atoms with Crippen LogP contribution >= 0.6 is 11.6 Å². The molecule has 2 aromatic rings. The maximum atomic E-state index is 13.7. The van der Waals surface area contributed by atoms with Gasteiger partial charge in [0, 0.05) is 43.4 Å². The smallest absolute Gasteiger partial charge is 0.231 e. The second-order valence-corrected chi connectivity index (χ2v) is 9.28. The number of hydrogen-bond donors (Lipinski definition) is 1. The minimum Gasteiger partial charge on any atom is -0.454 e. The molecule has 32 heavy (non-hydrogen) atoms. The Morgan fingerprint density at radius 2 is 1.47 bits per heavy atom. The molecule has 2 fully saturated rings. The van der Waals surface area contributed by atoms with E-state index in [9.17, 15) is 4.79 Å². The quantitative estimate of drug-likeness (QED) is 0.735. The number of amides is 1. The molecule has 0 unspecified atom stereocenters. The molecule has 2 aromatic carbocycles. The molecule has 0 aliphatic carbocycles. The third-order valence-electron chi connectivity index (χ3n) is 7.20. The predicted molar refractivity (Wildman–Crippen MR) is 120 cm³/mol. The van der Waals surface area contributed by atoms with Gasteiger partial charge in [0.2, 0.25) is 12.7 Å². The molecule has 0 aromatic heterocycles.